The smallest absolute Gasteiger partial charge is 0.231 e. The number of nitrogens with one attached hydrogen (secondary N) is 1. The first kappa shape index (κ1) is 12.5. The molecule has 1 saturated heterocycles. The lowest BCUT2D eigenvalue weighted by molar-refractivity contribution is 0.170. The third-order valence-corrected chi connectivity index (χ3v) is 3.75. The van der Waals surface area contributed by atoms with Crippen LogP contribution in [-0.2, 0) is 6.42 Å². The molecular weight excluding hydrogens is 249 g/mol. The zero-order valence-electron chi connectivity index (χ0n) is 11.0. The summed E-state index contributed by atoms with van der Waals surface area (Å²) in [5.74, 6) is 1.01. The molecule has 2 aliphatic heterocycles. The Bertz CT molecular complexity index is 472. The van der Waals surface area contributed by atoms with Crippen LogP contribution in [0.5, 0.6) is 17.2 Å². The molecule has 1 N–H and O–H groups in total. The minimum Gasteiger partial charge on any atom is -0.493 e. The summed E-state index contributed by atoms with van der Waals surface area (Å²) in [5, 5.41) is 3.37. The van der Waals surface area contributed by atoms with Crippen molar-refractivity contribution in [2.24, 2.45) is 5.92 Å². The van der Waals surface area contributed by atoms with Gasteiger partial charge in [0.25, 0.3) is 0 Å². The highest BCUT2D eigenvalue weighted by atomic mass is 19.1. The molecule has 104 valence electrons. The maximum atomic E-state index is 14.2. The molecule has 1 unspecified atom stereocenters. The minimum atomic E-state index is -0.448. The molecule has 2 aliphatic rings. The van der Waals surface area contributed by atoms with E-state index in [-0.39, 0.29) is 18.3 Å². The van der Waals surface area contributed by atoms with Gasteiger partial charge >= 0.3 is 0 Å². The highest BCUT2D eigenvalue weighted by molar-refractivity contribution is 5.53. The summed E-state index contributed by atoms with van der Waals surface area (Å²) in [5.41, 5.74) is 0.859. The molecule has 1 atom stereocenters. The largest absolute Gasteiger partial charge is 0.493 e. The SMILES string of the molecule is COc1c(CC2CCCNC2)cc2c(c1F)OCO2. The Morgan fingerprint density at radius 1 is 1.47 bits per heavy atom. The first-order valence-corrected chi connectivity index (χ1v) is 6.65. The van der Waals surface area contributed by atoms with Crippen molar-refractivity contribution in [2.45, 2.75) is 19.3 Å². The van der Waals surface area contributed by atoms with Crippen molar-refractivity contribution in [1.29, 1.82) is 0 Å². The number of piperidine rings is 1. The third kappa shape index (κ3) is 2.34. The predicted molar refractivity (Wildman–Crippen MR) is 68.4 cm³/mol. The van der Waals surface area contributed by atoms with Crippen LogP contribution in [0, 0.1) is 11.7 Å². The molecule has 19 heavy (non-hydrogen) atoms. The fraction of sp³-hybridized carbons (Fsp3) is 0.571. The van der Waals surface area contributed by atoms with Crippen LogP contribution in [0.4, 0.5) is 4.39 Å². The first-order chi connectivity index (χ1) is 9.29. The van der Waals surface area contributed by atoms with Gasteiger partial charge in [-0.1, -0.05) is 0 Å². The van der Waals surface area contributed by atoms with Crippen molar-refractivity contribution in [3.05, 3.63) is 17.4 Å². The average molecular weight is 267 g/mol. The topological polar surface area (TPSA) is 39.7 Å². The van der Waals surface area contributed by atoms with Gasteiger partial charge in [0.05, 0.1) is 7.11 Å². The van der Waals surface area contributed by atoms with Crippen molar-refractivity contribution in [3.63, 3.8) is 0 Å². The predicted octanol–water partition coefficient (Wildman–Crippen LogP) is 2.11. The van der Waals surface area contributed by atoms with E-state index in [0.29, 0.717) is 11.7 Å². The summed E-state index contributed by atoms with van der Waals surface area (Å²) in [7, 11) is 1.49. The van der Waals surface area contributed by atoms with E-state index in [1.165, 1.54) is 13.5 Å². The van der Waals surface area contributed by atoms with Gasteiger partial charge in [0.1, 0.15) is 0 Å². The summed E-state index contributed by atoms with van der Waals surface area (Å²) in [6.07, 6.45) is 3.12. The van der Waals surface area contributed by atoms with Crippen molar-refractivity contribution in [2.75, 3.05) is 27.0 Å². The molecule has 3 rings (SSSR count). The van der Waals surface area contributed by atoms with Crippen LogP contribution < -0.4 is 19.5 Å². The molecule has 0 amide bonds. The van der Waals surface area contributed by atoms with Crippen LogP contribution in [0.15, 0.2) is 6.07 Å². The molecule has 0 aromatic heterocycles. The molecule has 0 saturated carbocycles. The molecule has 1 aromatic carbocycles. The Balaban J connectivity index is 1.89. The van der Waals surface area contributed by atoms with Gasteiger partial charge in [0.2, 0.25) is 18.4 Å². The highest BCUT2D eigenvalue weighted by Crippen LogP contribution is 2.42. The number of halogens is 1. The van der Waals surface area contributed by atoms with Crippen molar-refractivity contribution in [1.82, 2.24) is 5.32 Å². The average Bonchev–Trinajstić information content (AvgIpc) is 2.89. The van der Waals surface area contributed by atoms with Crippen LogP contribution in [0.25, 0.3) is 0 Å². The molecule has 5 heteroatoms. The Morgan fingerprint density at radius 3 is 3.11 bits per heavy atom. The molecule has 0 aliphatic carbocycles. The molecule has 1 fully saturated rings. The minimum absolute atomic E-state index is 0.0733. The van der Waals surface area contributed by atoms with E-state index in [1.807, 2.05) is 6.07 Å². The van der Waals surface area contributed by atoms with E-state index in [2.05, 4.69) is 5.32 Å². The van der Waals surface area contributed by atoms with E-state index in [1.54, 1.807) is 0 Å². The summed E-state index contributed by atoms with van der Waals surface area (Å²) in [4.78, 5) is 0. The maximum Gasteiger partial charge on any atom is 0.231 e. The van der Waals surface area contributed by atoms with Gasteiger partial charge in [0, 0.05) is 5.56 Å². The standard InChI is InChI=1S/C14H18FNO3/c1-17-13-10(5-9-3-2-4-16-7-9)6-11-14(12(13)15)19-8-18-11/h6,9,16H,2-5,7-8H2,1H3. The lowest BCUT2D eigenvalue weighted by Crippen LogP contribution is -2.30. The second-order valence-electron chi connectivity index (χ2n) is 5.03. The number of hydrogen-bond acceptors (Lipinski definition) is 4. The molecule has 0 radical (unpaired) electrons. The van der Waals surface area contributed by atoms with E-state index in [9.17, 15) is 4.39 Å². The zero-order chi connectivity index (χ0) is 13.2. The van der Waals surface area contributed by atoms with Crippen LogP contribution in [0.3, 0.4) is 0 Å². The summed E-state index contributed by atoms with van der Waals surface area (Å²) < 4.78 is 29.9. The number of methoxy groups -OCH3 is 1. The first-order valence-electron chi connectivity index (χ1n) is 6.65. The van der Waals surface area contributed by atoms with Crippen LogP contribution in [0.2, 0.25) is 0 Å². The van der Waals surface area contributed by atoms with Gasteiger partial charge < -0.3 is 19.5 Å². The summed E-state index contributed by atoms with van der Waals surface area (Å²) in [6.45, 7) is 2.12. The van der Waals surface area contributed by atoms with E-state index in [0.717, 1.165) is 31.5 Å². The fourth-order valence-electron chi connectivity index (χ4n) is 2.82. The summed E-state index contributed by atoms with van der Waals surface area (Å²) in [6, 6.07) is 1.85. The third-order valence-electron chi connectivity index (χ3n) is 3.75. The number of benzene rings is 1. The number of fused-ring (bicyclic) bond motifs is 1. The Morgan fingerprint density at radius 2 is 2.37 bits per heavy atom. The fourth-order valence-corrected chi connectivity index (χ4v) is 2.82. The van der Waals surface area contributed by atoms with Crippen molar-refractivity contribution < 1.29 is 18.6 Å². The zero-order valence-corrected chi connectivity index (χ0v) is 11.0. The van der Waals surface area contributed by atoms with Crippen LogP contribution in [-0.4, -0.2) is 27.0 Å². The van der Waals surface area contributed by atoms with Gasteiger partial charge in [-0.25, -0.2) is 0 Å². The molecule has 0 bridgehead atoms. The van der Waals surface area contributed by atoms with Gasteiger partial charge in [-0.3, -0.25) is 0 Å². The van der Waals surface area contributed by atoms with E-state index in [4.69, 9.17) is 14.2 Å². The number of ether oxygens (including phenoxy) is 3. The monoisotopic (exact) mass is 267 g/mol. The molecule has 0 spiro atoms. The van der Waals surface area contributed by atoms with Gasteiger partial charge in [-0.2, -0.15) is 4.39 Å². The highest BCUT2D eigenvalue weighted by Gasteiger charge is 2.26. The lowest BCUT2D eigenvalue weighted by Gasteiger charge is -2.23. The summed E-state index contributed by atoms with van der Waals surface area (Å²) >= 11 is 0. The number of rotatable bonds is 3. The Kier molecular flexibility index (Phi) is 3.46. The van der Waals surface area contributed by atoms with E-state index < -0.39 is 5.82 Å². The molecule has 4 nitrogen and oxygen atoms in total. The maximum absolute atomic E-state index is 14.2. The Hall–Kier alpha value is -1.49. The lowest BCUT2D eigenvalue weighted by atomic mass is 9.91. The Labute approximate surface area is 111 Å². The van der Waals surface area contributed by atoms with Crippen LogP contribution in [0.1, 0.15) is 18.4 Å². The van der Waals surface area contributed by atoms with E-state index >= 15 is 0 Å². The van der Waals surface area contributed by atoms with Crippen LogP contribution >= 0.6 is 0 Å². The number of hydrogen-bond donors (Lipinski definition) is 1. The molecule has 1 aromatic rings. The van der Waals surface area contributed by atoms with Crippen molar-refractivity contribution >= 4 is 0 Å². The second-order valence-corrected chi connectivity index (χ2v) is 5.03. The normalized spacial score (nSPS) is 21.5. The molecular formula is C14H18FNO3. The van der Waals surface area contributed by atoms with Crippen molar-refractivity contribution in [3.8, 4) is 17.2 Å². The quantitative estimate of drug-likeness (QED) is 0.910. The molecule has 2 heterocycles. The van der Waals surface area contributed by atoms with Gasteiger partial charge in [0.15, 0.2) is 11.5 Å². The second kappa shape index (κ2) is 5.25. The van der Waals surface area contributed by atoms with Gasteiger partial charge in [-0.15, -0.1) is 0 Å². The van der Waals surface area contributed by atoms with Gasteiger partial charge in [-0.05, 0) is 44.3 Å².